The molecule has 0 fully saturated rings. The van der Waals surface area contributed by atoms with Gasteiger partial charge in [0.1, 0.15) is 5.82 Å². The molecule has 6 aromatic rings. The number of benzene rings is 4. The topological polar surface area (TPSA) is 33.5 Å². The van der Waals surface area contributed by atoms with Crippen LogP contribution in [-0.4, -0.2) is 9.55 Å². The summed E-state index contributed by atoms with van der Waals surface area (Å²) in [5.41, 5.74) is 10.2. The molecular weight excluding hydrogens is 748 g/mol. The van der Waals surface area contributed by atoms with Crippen molar-refractivity contribution in [2.75, 3.05) is 9.80 Å². The van der Waals surface area contributed by atoms with Crippen molar-refractivity contribution in [3.8, 4) is 17.3 Å². The molecule has 0 N–H and O–H groups in total. The van der Waals surface area contributed by atoms with Gasteiger partial charge in [-0.05, 0) is 79.5 Å². The van der Waals surface area contributed by atoms with Gasteiger partial charge >= 0.3 is 0 Å². The molecule has 7 rings (SSSR count). The first-order chi connectivity index (χ1) is 21.6. The Morgan fingerprint density at radius 1 is 0.739 bits per heavy atom. The number of hydrogen-bond acceptors (Lipinski definition) is 4. The molecule has 0 radical (unpaired) electrons. The fourth-order valence-electron chi connectivity index (χ4n) is 6.05. The van der Waals surface area contributed by atoms with Gasteiger partial charge in [-0.25, -0.2) is 4.98 Å². The average Bonchev–Trinajstić information content (AvgIpc) is 3.51. The Kier molecular flexibility index (Phi) is 8.33. The molecule has 1 aliphatic rings. The predicted molar refractivity (Wildman–Crippen MR) is 185 cm³/mol. The van der Waals surface area contributed by atoms with Gasteiger partial charge in [-0.1, -0.05) is 56.6 Å². The normalized spacial score (nSPS) is 13.5. The molecule has 0 saturated carbocycles. The number of anilines is 2. The van der Waals surface area contributed by atoms with Crippen LogP contribution in [0.1, 0.15) is 51.3 Å². The SMILES string of the molecule is CC1=C(C)N(c2cccc(C)c2C)[CH-]N1c1[c-]c(Oc2[c-]c3c(cc2)c2ccccc2n3-c2cc(C(C)(C)C)ccn2)ccc1.[Pt]. The minimum Gasteiger partial charge on any atom is -0.509 e. The van der Waals surface area contributed by atoms with Crippen molar-refractivity contribution in [3.05, 3.63) is 138 Å². The Bertz CT molecular complexity index is 2120. The molecule has 0 aliphatic carbocycles. The molecule has 1 aliphatic heterocycles. The van der Waals surface area contributed by atoms with Crippen molar-refractivity contribution in [2.45, 2.75) is 53.9 Å². The van der Waals surface area contributed by atoms with Gasteiger partial charge in [-0.3, -0.25) is 0 Å². The van der Waals surface area contributed by atoms with Crippen LogP contribution in [0.4, 0.5) is 11.4 Å². The van der Waals surface area contributed by atoms with E-state index in [1.165, 1.54) is 28.1 Å². The van der Waals surface area contributed by atoms with Gasteiger partial charge in [0.2, 0.25) is 0 Å². The first-order valence-electron chi connectivity index (χ1n) is 15.4. The summed E-state index contributed by atoms with van der Waals surface area (Å²) in [6, 6.07) is 36.3. The molecule has 46 heavy (non-hydrogen) atoms. The molecule has 0 atom stereocenters. The molecule has 0 saturated heterocycles. The monoisotopic (exact) mass is 784 g/mol. The number of pyridine rings is 1. The number of fused-ring (bicyclic) bond motifs is 3. The van der Waals surface area contributed by atoms with Crippen molar-refractivity contribution in [2.24, 2.45) is 0 Å². The molecule has 6 heteroatoms. The number of allylic oxidation sites excluding steroid dienone is 2. The molecular formula is C40H37N4OPt-3. The molecule has 2 aromatic heterocycles. The van der Waals surface area contributed by atoms with Crippen LogP contribution in [0.25, 0.3) is 27.6 Å². The van der Waals surface area contributed by atoms with Gasteiger partial charge in [0, 0.05) is 61.4 Å². The van der Waals surface area contributed by atoms with Crippen molar-refractivity contribution in [1.82, 2.24) is 9.55 Å². The first-order valence-corrected chi connectivity index (χ1v) is 15.4. The molecule has 3 heterocycles. The number of rotatable bonds is 5. The maximum atomic E-state index is 6.44. The van der Waals surface area contributed by atoms with E-state index in [-0.39, 0.29) is 26.5 Å². The van der Waals surface area contributed by atoms with E-state index < -0.39 is 0 Å². The van der Waals surface area contributed by atoms with Crippen LogP contribution in [0.15, 0.2) is 103 Å². The van der Waals surface area contributed by atoms with Crippen LogP contribution in [0.5, 0.6) is 11.5 Å². The van der Waals surface area contributed by atoms with Crippen LogP contribution in [0, 0.1) is 32.6 Å². The maximum Gasteiger partial charge on any atom is 0.135 e. The number of aromatic nitrogens is 2. The number of para-hydroxylation sites is 1. The van der Waals surface area contributed by atoms with E-state index in [0.717, 1.165) is 39.0 Å². The summed E-state index contributed by atoms with van der Waals surface area (Å²) in [7, 11) is 0. The Labute approximate surface area is 286 Å². The molecule has 0 bridgehead atoms. The van der Waals surface area contributed by atoms with Gasteiger partial charge in [0.05, 0.1) is 0 Å². The van der Waals surface area contributed by atoms with Crippen LogP contribution in [-0.2, 0) is 26.5 Å². The average molecular weight is 785 g/mol. The standard InChI is InChI=1S/C40H37N4O.Pt/c1-26-12-10-17-36(27(26)2)43-25-42(28(3)29(43)4)31-13-11-14-32(23-31)45-33-18-19-35-34-15-8-9-16-37(34)44(38(35)24-33)39-22-30(20-21-41-39)40(5,6)7;/h8-22,25H,1-7H3;/q-3;. The Morgan fingerprint density at radius 3 is 2.28 bits per heavy atom. The fourth-order valence-corrected chi connectivity index (χ4v) is 6.05. The van der Waals surface area contributed by atoms with E-state index in [1.54, 1.807) is 0 Å². The second-order valence-corrected chi connectivity index (χ2v) is 12.8. The Balaban J connectivity index is 0.00000372. The summed E-state index contributed by atoms with van der Waals surface area (Å²) in [6.07, 6.45) is 1.90. The van der Waals surface area contributed by atoms with Gasteiger partial charge in [-0.2, -0.15) is 12.1 Å². The molecule has 0 unspecified atom stereocenters. The number of aryl methyl sites for hydroxylation is 1. The molecule has 4 aromatic carbocycles. The summed E-state index contributed by atoms with van der Waals surface area (Å²) in [5, 5.41) is 2.26. The predicted octanol–water partition coefficient (Wildman–Crippen LogP) is 10.2. The summed E-state index contributed by atoms with van der Waals surface area (Å²) < 4.78 is 8.63. The van der Waals surface area contributed by atoms with Crippen LogP contribution in [0.2, 0.25) is 0 Å². The van der Waals surface area contributed by atoms with Crippen LogP contribution < -0.4 is 14.5 Å². The summed E-state index contributed by atoms with van der Waals surface area (Å²) >= 11 is 0. The third kappa shape index (κ3) is 5.52. The minimum absolute atomic E-state index is 0. The second-order valence-electron chi connectivity index (χ2n) is 12.8. The Hall–Kier alpha value is -4.34. The molecule has 236 valence electrons. The third-order valence-electron chi connectivity index (χ3n) is 8.94. The zero-order valence-electron chi connectivity index (χ0n) is 27.3. The second kappa shape index (κ2) is 12.1. The van der Waals surface area contributed by atoms with Gasteiger partial charge < -0.3 is 19.1 Å². The van der Waals surface area contributed by atoms with Crippen molar-refractivity contribution >= 4 is 33.2 Å². The number of ether oxygens (including phenoxy) is 1. The summed E-state index contributed by atoms with van der Waals surface area (Å²) in [5.74, 6) is 2.12. The molecule has 0 spiro atoms. The summed E-state index contributed by atoms with van der Waals surface area (Å²) in [6.45, 7) is 17.4. The maximum absolute atomic E-state index is 6.44. The van der Waals surface area contributed by atoms with E-state index in [1.807, 2.05) is 24.4 Å². The largest absolute Gasteiger partial charge is 0.509 e. The van der Waals surface area contributed by atoms with E-state index in [0.29, 0.717) is 11.5 Å². The first kappa shape index (κ1) is 31.6. The smallest absolute Gasteiger partial charge is 0.135 e. The van der Waals surface area contributed by atoms with Gasteiger partial charge in [0.25, 0.3) is 0 Å². The van der Waals surface area contributed by atoms with Crippen molar-refractivity contribution < 1.29 is 25.8 Å². The zero-order chi connectivity index (χ0) is 31.5. The fraction of sp³-hybridized carbons (Fsp3) is 0.200. The van der Waals surface area contributed by atoms with E-state index in [9.17, 15) is 0 Å². The van der Waals surface area contributed by atoms with E-state index in [4.69, 9.17) is 9.72 Å². The Morgan fingerprint density at radius 2 is 1.48 bits per heavy atom. The number of hydrogen-bond donors (Lipinski definition) is 0. The van der Waals surface area contributed by atoms with Gasteiger partial charge in [0.15, 0.2) is 0 Å². The van der Waals surface area contributed by atoms with Crippen molar-refractivity contribution in [3.63, 3.8) is 0 Å². The zero-order valence-corrected chi connectivity index (χ0v) is 29.5. The summed E-state index contributed by atoms with van der Waals surface area (Å²) in [4.78, 5) is 9.22. The van der Waals surface area contributed by atoms with Gasteiger partial charge in [-0.15, -0.1) is 48.1 Å². The molecule has 5 nitrogen and oxygen atoms in total. The van der Waals surface area contributed by atoms with Crippen LogP contribution >= 0.6 is 0 Å². The minimum atomic E-state index is 0. The van der Waals surface area contributed by atoms with Crippen molar-refractivity contribution in [1.29, 1.82) is 0 Å². The molecule has 0 amide bonds. The number of nitrogens with zero attached hydrogens (tertiary/aromatic N) is 4. The third-order valence-corrected chi connectivity index (χ3v) is 8.94. The van der Waals surface area contributed by atoms with E-state index in [2.05, 4.69) is 148 Å². The van der Waals surface area contributed by atoms with E-state index >= 15 is 0 Å². The van der Waals surface area contributed by atoms with Crippen LogP contribution in [0.3, 0.4) is 0 Å². The quantitative estimate of drug-likeness (QED) is 0.163.